The van der Waals surface area contributed by atoms with Crippen LogP contribution in [0.4, 0.5) is 5.69 Å². The Morgan fingerprint density at radius 3 is 2.94 bits per heavy atom. The second-order valence-electron chi connectivity index (χ2n) is 5.12. The molecule has 1 aliphatic rings. The Balaban J connectivity index is 2.10. The normalized spacial score (nSPS) is 26.1. The van der Waals surface area contributed by atoms with Gasteiger partial charge < -0.3 is 10.8 Å². The van der Waals surface area contributed by atoms with E-state index >= 15 is 0 Å². The number of halogens is 1. The smallest absolute Gasteiger partial charge is 0.0746 e. The van der Waals surface area contributed by atoms with Crippen LogP contribution in [-0.2, 0) is 6.54 Å². The number of hydrogen-bond acceptors (Lipinski definition) is 3. The second kappa shape index (κ2) is 4.96. The Hall–Kier alpha value is -0.580. The summed E-state index contributed by atoms with van der Waals surface area (Å²) in [5, 5.41) is 10.1. The number of nitrogen functional groups attached to an aromatic ring is 1. The van der Waals surface area contributed by atoms with E-state index in [9.17, 15) is 5.11 Å². The molecule has 1 heterocycles. The highest BCUT2D eigenvalue weighted by molar-refractivity contribution is 9.10. The van der Waals surface area contributed by atoms with Crippen molar-refractivity contribution in [3.8, 4) is 0 Å². The van der Waals surface area contributed by atoms with Crippen molar-refractivity contribution in [2.24, 2.45) is 0 Å². The lowest BCUT2D eigenvalue weighted by atomic mass is 9.95. The fourth-order valence-corrected chi connectivity index (χ4v) is 2.93. The van der Waals surface area contributed by atoms with Crippen LogP contribution in [0.2, 0.25) is 0 Å². The van der Waals surface area contributed by atoms with E-state index < -0.39 is 5.60 Å². The molecule has 4 heteroatoms. The first-order valence-corrected chi connectivity index (χ1v) is 6.75. The van der Waals surface area contributed by atoms with Crippen molar-refractivity contribution < 1.29 is 5.11 Å². The molecule has 0 aromatic heterocycles. The minimum Gasteiger partial charge on any atom is -0.398 e. The molecular weight excluding hydrogens is 280 g/mol. The molecule has 1 aromatic carbocycles. The highest BCUT2D eigenvalue weighted by Crippen LogP contribution is 2.27. The Morgan fingerprint density at radius 2 is 2.29 bits per heavy atom. The lowest BCUT2D eigenvalue weighted by Crippen LogP contribution is -2.45. The molecule has 0 saturated carbocycles. The number of benzene rings is 1. The second-order valence-corrected chi connectivity index (χ2v) is 5.97. The van der Waals surface area contributed by atoms with Crippen LogP contribution in [0.3, 0.4) is 0 Å². The third-order valence-corrected chi connectivity index (χ3v) is 4.03. The number of nitrogens with zero attached hydrogens (tertiary/aromatic N) is 1. The van der Waals surface area contributed by atoms with Crippen LogP contribution in [-0.4, -0.2) is 28.7 Å². The van der Waals surface area contributed by atoms with Gasteiger partial charge in [-0.15, -0.1) is 0 Å². The number of hydrogen-bond donors (Lipinski definition) is 2. The summed E-state index contributed by atoms with van der Waals surface area (Å²) in [5.74, 6) is 0. The predicted octanol–water partition coefficient (Wildman–Crippen LogP) is 2.38. The molecule has 1 aromatic rings. The van der Waals surface area contributed by atoms with Gasteiger partial charge in [-0.25, -0.2) is 0 Å². The van der Waals surface area contributed by atoms with Gasteiger partial charge in [-0.2, -0.15) is 0 Å². The molecule has 1 atom stereocenters. The Kier molecular flexibility index (Phi) is 3.76. The number of aliphatic hydroxyl groups is 1. The molecule has 0 bridgehead atoms. The number of likely N-dealkylation sites (tertiary alicyclic amines) is 1. The standard InChI is InChI=1S/C13H19BrN2O/c1-13(17)6-3-7-16(9-13)8-10-11(14)4-2-5-12(10)15/h2,4-5,17H,3,6-9,15H2,1H3. The summed E-state index contributed by atoms with van der Waals surface area (Å²) in [6.45, 7) is 4.44. The summed E-state index contributed by atoms with van der Waals surface area (Å²) < 4.78 is 1.04. The van der Waals surface area contributed by atoms with Gasteiger partial charge in [0.1, 0.15) is 0 Å². The number of rotatable bonds is 2. The van der Waals surface area contributed by atoms with Crippen LogP contribution < -0.4 is 5.73 Å². The number of β-amino-alcohol motifs (C(OH)–C–C–N with tert-alkyl or cyclic N) is 1. The molecule has 1 aliphatic heterocycles. The topological polar surface area (TPSA) is 49.5 Å². The van der Waals surface area contributed by atoms with Gasteiger partial charge in [-0.3, -0.25) is 4.90 Å². The molecule has 0 amide bonds. The van der Waals surface area contributed by atoms with E-state index in [2.05, 4.69) is 20.8 Å². The van der Waals surface area contributed by atoms with E-state index in [-0.39, 0.29) is 0 Å². The fourth-order valence-electron chi connectivity index (χ4n) is 2.42. The SMILES string of the molecule is CC1(O)CCCN(Cc2c(N)cccc2Br)C1. The van der Waals surface area contributed by atoms with E-state index in [0.717, 1.165) is 41.7 Å². The summed E-state index contributed by atoms with van der Waals surface area (Å²) in [4.78, 5) is 2.26. The maximum absolute atomic E-state index is 10.1. The molecule has 3 nitrogen and oxygen atoms in total. The van der Waals surface area contributed by atoms with E-state index in [4.69, 9.17) is 5.73 Å². The van der Waals surface area contributed by atoms with Crippen LogP contribution in [0, 0.1) is 0 Å². The molecule has 1 unspecified atom stereocenters. The van der Waals surface area contributed by atoms with Gasteiger partial charge in [0.15, 0.2) is 0 Å². The molecule has 3 N–H and O–H groups in total. The molecule has 0 radical (unpaired) electrons. The zero-order chi connectivity index (χ0) is 12.5. The van der Waals surface area contributed by atoms with Crippen LogP contribution >= 0.6 is 15.9 Å². The molecule has 1 fully saturated rings. The highest BCUT2D eigenvalue weighted by atomic mass is 79.9. The predicted molar refractivity (Wildman–Crippen MR) is 73.7 cm³/mol. The van der Waals surface area contributed by atoms with Crippen molar-refractivity contribution in [3.63, 3.8) is 0 Å². The minimum absolute atomic E-state index is 0.561. The number of nitrogens with two attached hydrogens (primary N) is 1. The maximum atomic E-state index is 10.1. The number of piperidine rings is 1. The molecular formula is C13H19BrN2O. The quantitative estimate of drug-likeness (QED) is 0.824. The minimum atomic E-state index is -0.561. The molecule has 0 aliphatic carbocycles. The first-order chi connectivity index (χ1) is 7.98. The molecule has 1 saturated heterocycles. The van der Waals surface area contributed by atoms with E-state index in [1.807, 2.05) is 25.1 Å². The van der Waals surface area contributed by atoms with Gasteiger partial charge in [-0.1, -0.05) is 22.0 Å². The summed E-state index contributed by atoms with van der Waals surface area (Å²) in [6, 6.07) is 5.87. The van der Waals surface area contributed by atoms with Crippen LogP contribution in [0.25, 0.3) is 0 Å². The van der Waals surface area contributed by atoms with Crippen molar-refractivity contribution in [2.75, 3.05) is 18.8 Å². The molecule has 2 rings (SSSR count). The average molecular weight is 299 g/mol. The third-order valence-electron chi connectivity index (χ3n) is 3.29. The molecule has 0 spiro atoms. The first kappa shape index (κ1) is 12.9. The van der Waals surface area contributed by atoms with Crippen molar-refractivity contribution in [2.45, 2.75) is 31.9 Å². The van der Waals surface area contributed by atoms with Crippen molar-refractivity contribution in [3.05, 3.63) is 28.2 Å². The van der Waals surface area contributed by atoms with Crippen molar-refractivity contribution in [1.29, 1.82) is 0 Å². The van der Waals surface area contributed by atoms with Gasteiger partial charge in [0.05, 0.1) is 5.60 Å². The van der Waals surface area contributed by atoms with Gasteiger partial charge in [0, 0.05) is 28.8 Å². The lowest BCUT2D eigenvalue weighted by molar-refractivity contribution is -0.0181. The van der Waals surface area contributed by atoms with Gasteiger partial charge >= 0.3 is 0 Å². The summed E-state index contributed by atoms with van der Waals surface area (Å²) >= 11 is 3.53. The fraction of sp³-hybridized carbons (Fsp3) is 0.538. The summed E-state index contributed by atoms with van der Waals surface area (Å²) in [5.41, 5.74) is 7.35. The zero-order valence-corrected chi connectivity index (χ0v) is 11.7. The van der Waals surface area contributed by atoms with Crippen LogP contribution in [0.5, 0.6) is 0 Å². The van der Waals surface area contributed by atoms with E-state index in [1.165, 1.54) is 0 Å². The lowest BCUT2D eigenvalue weighted by Gasteiger charge is -2.37. The maximum Gasteiger partial charge on any atom is 0.0746 e. The van der Waals surface area contributed by atoms with Crippen LogP contribution in [0.1, 0.15) is 25.3 Å². The van der Waals surface area contributed by atoms with Crippen LogP contribution in [0.15, 0.2) is 22.7 Å². The summed E-state index contributed by atoms with van der Waals surface area (Å²) in [7, 11) is 0. The van der Waals surface area contributed by atoms with E-state index in [1.54, 1.807) is 0 Å². The Morgan fingerprint density at radius 1 is 1.53 bits per heavy atom. The monoisotopic (exact) mass is 298 g/mol. The highest BCUT2D eigenvalue weighted by Gasteiger charge is 2.28. The average Bonchev–Trinajstić information content (AvgIpc) is 2.22. The zero-order valence-electron chi connectivity index (χ0n) is 10.1. The molecule has 94 valence electrons. The third kappa shape index (κ3) is 3.21. The largest absolute Gasteiger partial charge is 0.398 e. The van der Waals surface area contributed by atoms with Gasteiger partial charge in [0.25, 0.3) is 0 Å². The van der Waals surface area contributed by atoms with Gasteiger partial charge in [-0.05, 0) is 38.4 Å². The van der Waals surface area contributed by atoms with Crippen molar-refractivity contribution in [1.82, 2.24) is 4.90 Å². The van der Waals surface area contributed by atoms with E-state index in [0.29, 0.717) is 6.54 Å². The Bertz CT molecular complexity index is 386. The summed E-state index contributed by atoms with van der Waals surface area (Å²) in [6.07, 6.45) is 1.92. The Labute approximate surface area is 111 Å². The first-order valence-electron chi connectivity index (χ1n) is 5.95. The van der Waals surface area contributed by atoms with Gasteiger partial charge in [0.2, 0.25) is 0 Å². The number of anilines is 1. The molecule has 17 heavy (non-hydrogen) atoms. The van der Waals surface area contributed by atoms with Crippen molar-refractivity contribution >= 4 is 21.6 Å².